The molecular formula is C14H10N2OS. The Morgan fingerprint density at radius 3 is 2.11 bits per heavy atom. The maximum Gasteiger partial charge on any atom is 0.300 e. The monoisotopic (exact) mass is 254 g/mol. The third-order valence-electron chi connectivity index (χ3n) is 2.55. The van der Waals surface area contributed by atoms with E-state index in [4.69, 9.17) is 0 Å². The molecule has 0 radical (unpaired) electrons. The molecule has 0 unspecified atom stereocenters. The molecule has 0 aliphatic carbocycles. The van der Waals surface area contributed by atoms with Crippen molar-refractivity contribution >= 4 is 33.5 Å². The highest BCUT2D eigenvalue weighted by molar-refractivity contribution is 8.30. The average molecular weight is 254 g/mol. The highest BCUT2D eigenvalue weighted by atomic mass is 32.2. The minimum Gasteiger partial charge on any atom is -0.260 e. The number of hydrogen-bond acceptors (Lipinski definition) is 3. The van der Waals surface area contributed by atoms with Crippen LogP contribution in [0.4, 0.5) is 16.2 Å². The van der Waals surface area contributed by atoms with Gasteiger partial charge in [0.25, 0.3) is 5.24 Å². The van der Waals surface area contributed by atoms with E-state index in [0.717, 1.165) is 28.3 Å². The lowest BCUT2D eigenvalue weighted by atomic mass is 10.3. The van der Waals surface area contributed by atoms with E-state index >= 15 is 0 Å². The predicted octanol–water partition coefficient (Wildman–Crippen LogP) is 4.05. The van der Waals surface area contributed by atoms with Crippen molar-refractivity contribution in [1.29, 1.82) is 0 Å². The minimum atomic E-state index is 0.0101. The summed E-state index contributed by atoms with van der Waals surface area (Å²) in [6, 6.07) is 19.2. The van der Waals surface area contributed by atoms with Crippen molar-refractivity contribution in [3.63, 3.8) is 0 Å². The van der Waals surface area contributed by atoms with Crippen molar-refractivity contribution < 1.29 is 4.79 Å². The van der Waals surface area contributed by atoms with Crippen molar-refractivity contribution in [1.82, 2.24) is 0 Å². The molecule has 0 spiro atoms. The first kappa shape index (κ1) is 11.0. The maximum atomic E-state index is 11.6. The van der Waals surface area contributed by atoms with Gasteiger partial charge in [0.05, 0.1) is 11.4 Å². The van der Waals surface area contributed by atoms with Crippen molar-refractivity contribution in [2.75, 3.05) is 4.90 Å². The Kier molecular flexibility index (Phi) is 2.86. The van der Waals surface area contributed by atoms with E-state index in [1.807, 2.05) is 60.7 Å². The summed E-state index contributed by atoms with van der Waals surface area (Å²) in [5, 5.41) is 0.730. The average Bonchev–Trinajstić information content (AvgIpc) is 2.40. The predicted molar refractivity (Wildman–Crippen MR) is 75.4 cm³/mol. The summed E-state index contributed by atoms with van der Waals surface area (Å²) in [5.41, 5.74) is 1.71. The fourth-order valence-electron chi connectivity index (χ4n) is 1.69. The summed E-state index contributed by atoms with van der Waals surface area (Å²) < 4.78 is 0. The van der Waals surface area contributed by atoms with Crippen LogP contribution < -0.4 is 4.90 Å². The molecule has 1 heterocycles. The normalized spacial score (nSPS) is 16.8. The van der Waals surface area contributed by atoms with Gasteiger partial charge in [0, 0.05) is 11.8 Å². The number of nitrogens with zero attached hydrogens (tertiary/aromatic N) is 2. The van der Waals surface area contributed by atoms with Gasteiger partial charge in [-0.2, -0.15) is 0 Å². The van der Waals surface area contributed by atoms with Crippen LogP contribution in [-0.2, 0) is 0 Å². The molecule has 3 nitrogen and oxygen atoms in total. The number of amides is 1. The Labute approximate surface area is 109 Å². The van der Waals surface area contributed by atoms with E-state index in [1.165, 1.54) is 0 Å². The number of para-hydroxylation sites is 2. The second-order valence-electron chi connectivity index (χ2n) is 3.77. The van der Waals surface area contributed by atoms with Gasteiger partial charge >= 0.3 is 0 Å². The summed E-state index contributed by atoms with van der Waals surface area (Å²) >= 11 is 1.16. The van der Waals surface area contributed by atoms with E-state index in [2.05, 4.69) is 4.99 Å². The zero-order valence-corrected chi connectivity index (χ0v) is 10.3. The zero-order chi connectivity index (χ0) is 12.4. The second-order valence-corrected chi connectivity index (χ2v) is 4.69. The van der Waals surface area contributed by atoms with Crippen LogP contribution in [0.2, 0.25) is 0 Å². The van der Waals surface area contributed by atoms with Crippen LogP contribution in [0, 0.1) is 0 Å². The largest absolute Gasteiger partial charge is 0.300 e. The third kappa shape index (κ3) is 2.02. The van der Waals surface area contributed by atoms with Gasteiger partial charge in [0.1, 0.15) is 0 Å². The summed E-state index contributed by atoms with van der Waals surface area (Å²) in [5.74, 6) is 0. The molecule has 0 aromatic heterocycles. The molecule has 0 saturated carbocycles. The van der Waals surface area contributed by atoms with Crippen LogP contribution in [0.15, 0.2) is 65.7 Å². The molecule has 1 aliphatic rings. The highest BCUT2D eigenvalue weighted by Crippen LogP contribution is 2.34. The number of carbonyl (C=O) groups excluding carboxylic acids is 1. The molecule has 4 heteroatoms. The smallest absolute Gasteiger partial charge is 0.260 e. The number of amidine groups is 1. The molecule has 88 valence electrons. The minimum absolute atomic E-state index is 0.0101. The SMILES string of the molecule is O=C1SC(=Nc2ccccc2)N1c1ccccc1. The first-order chi connectivity index (χ1) is 8.84. The molecule has 0 N–H and O–H groups in total. The number of anilines is 1. The molecule has 18 heavy (non-hydrogen) atoms. The van der Waals surface area contributed by atoms with Gasteiger partial charge in [-0.15, -0.1) is 0 Å². The number of benzene rings is 2. The van der Waals surface area contributed by atoms with Gasteiger partial charge in [-0.3, -0.25) is 4.79 Å². The van der Waals surface area contributed by atoms with Gasteiger partial charge in [-0.25, -0.2) is 9.89 Å². The molecule has 0 atom stereocenters. The Bertz CT molecular complexity index is 596. The van der Waals surface area contributed by atoms with Gasteiger partial charge in [-0.05, 0) is 24.3 Å². The van der Waals surface area contributed by atoms with Crippen LogP contribution in [0.5, 0.6) is 0 Å². The number of aliphatic imine (C=N–C) groups is 1. The van der Waals surface area contributed by atoms with Crippen LogP contribution in [0.3, 0.4) is 0 Å². The molecule has 2 aromatic carbocycles. The molecule has 1 fully saturated rings. The third-order valence-corrected chi connectivity index (χ3v) is 3.36. The number of carbonyl (C=O) groups is 1. The van der Waals surface area contributed by atoms with Crippen LogP contribution in [-0.4, -0.2) is 10.4 Å². The van der Waals surface area contributed by atoms with Crippen LogP contribution in [0.25, 0.3) is 0 Å². The second kappa shape index (κ2) is 4.66. The van der Waals surface area contributed by atoms with Gasteiger partial charge in [-0.1, -0.05) is 36.4 Å². The van der Waals surface area contributed by atoms with Crippen molar-refractivity contribution in [2.45, 2.75) is 0 Å². The van der Waals surface area contributed by atoms with Crippen molar-refractivity contribution in [3.8, 4) is 0 Å². The van der Waals surface area contributed by atoms with Crippen molar-refractivity contribution in [3.05, 3.63) is 60.7 Å². The van der Waals surface area contributed by atoms with E-state index in [0.29, 0.717) is 0 Å². The van der Waals surface area contributed by atoms with Crippen molar-refractivity contribution in [2.24, 2.45) is 4.99 Å². The highest BCUT2D eigenvalue weighted by Gasteiger charge is 2.35. The number of rotatable bonds is 2. The zero-order valence-electron chi connectivity index (χ0n) is 9.48. The summed E-state index contributed by atoms with van der Waals surface area (Å²) in [6.07, 6.45) is 0. The lowest BCUT2D eigenvalue weighted by Crippen LogP contribution is -2.42. The Balaban J connectivity index is 1.91. The van der Waals surface area contributed by atoms with E-state index in [9.17, 15) is 4.79 Å². The first-order valence-corrected chi connectivity index (χ1v) is 6.37. The fraction of sp³-hybridized carbons (Fsp3) is 0. The van der Waals surface area contributed by atoms with Crippen LogP contribution >= 0.6 is 11.8 Å². The van der Waals surface area contributed by atoms with Gasteiger partial charge in [0.15, 0.2) is 5.17 Å². The number of thioether (sulfide) groups is 1. The molecule has 2 aromatic rings. The summed E-state index contributed by atoms with van der Waals surface area (Å²) in [7, 11) is 0. The molecule has 3 rings (SSSR count). The van der Waals surface area contributed by atoms with E-state index < -0.39 is 0 Å². The topological polar surface area (TPSA) is 32.7 Å². The summed E-state index contributed by atoms with van der Waals surface area (Å²) in [6.45, 7) is 0. The lowest BCUT2D eigenvalue weighted by Gasteiger charge is -2.30. The molecule has 1 aliphatic heterocycles. The Morgan fingerprint density at radius 2 is 1.50 bits per heavy atom. The Hall–Kier alpha value is -2.07. The lowest BCUT2D eigenvalue weighted by molar-refractivity contribution is 0.266. The fourth-order valence-corrected chi connectivity index (χ4v) is 2.43. The van der Waals surface area contributed by atoms with Gasteiger partial charge in [0.2, 0.25) is 0 Å². The maximum absolute atomic E-state index is 11.6. The standard InChI is InChI=1S/C14H10N2OS/c17-14-16(12-9-5-2-6-10-12)13(18-14)15-11-7-3-1-4-8-11/h1-10H. The molecule has 0 bridgehead atoms. The van der Waals surface area contributed by atoms with E-state index in [1.54, 1.807) is 4.90 Å². The first-order valence-electron chi connectivity index (χ1n) is 5.55. The quantitative estimate of drug-likeness (QED) is 0.810. The molecule has 1 amide bonds. The molecule has 1 saturated heterocycles. The van der Waals surface area contributed by atoms with Gasteiger partial charge < -0.3 is 0 Å². The number of hydrogen-bond donors (Lipinski definition) is 0. The van der Waals surface area contributed by atoms with Crippen LogP contribution in [0.1, 0.15) is 0 Å². The van der Waals surface area contributed by atoms with E-state index in [-0.39, 0.29) is 5.24 Å². The molecular weight excluding hydrogens is 244 g/mol. The Morgan fingerprint density at radius 1 is 0.889 bits per heavy atom. The summed E-state index contributed by atoms with van der Waals surface area (Å²) in [4.78, 5) is 17.7.